The maximum Gasteiger partial charge on any atom is 0.0372 e. The van der Waals surface area contributed by atoms with Crippen molar-refractivity contribution in [3.63, 3.8) is 0 Å². The van der Waals surface area contributed by atoms with Crippen molar-refractivity contribution in [3.05, 3.63) is 29.3 Å². The van der Waals surface area contributed by atoms with E-state index in [2.05, 4.69) is 23.5 Å². The first-order chi connectivity index (χ1) is 8.31. The molecule has 0 aromatic heterocycles. The minimum Gasteiger partial charge on any atom is -0.385 e. The summed E-state index contributed by atoms with van der Waals surface area (Å²) in [7, 11) is 0. The second kappa shape index (κ2) is 4.34. The standard InChI is InChI=1S/C15H22N2/c16-11-15(6-2-7-15)10-12-4-5-14-13(9-12)3-1-8-17-14/h4-5,9,17H,1-3,6-8,10-11,16H2. The molecular formula is C15H22N2. The zero-order valence-corrected chi connectivity index (χ0v) is 10.5. The summed E-state index contributed by atoms with van der Waals surface area (Å²) in [4.78, 5) is 0. The predicted molar refractivity (Wildman–Crippen MR) is 72.3 cm³/mol. The Hall–Kier alpha value is -1.02. The van der Waals surface area contributed by atoms with Gasteiger partial charge in [-0.3, -0.25) is 0 Å². The lowest BCUT2D eigenvalue weighted by Crippen LogP contribution is -2.39. The van der Waals surface area contributed by atoms with E-state index in [-0.39, 0.29) is 0 Å². The quantitative estimate of drug-likeness (QED) is 0.838. The van der Waals surface area contributed by atoms with Crippen molar-refractivity contribution in [2.45, 2.75) is 38.5 Å². The Balaban J connectivity index is 1.79. The summed E-state index contributed by atoms with van der Waals surface area (Å²) in [6, 6.07) is 6.94. The molecule has 0 amide bonds. The van der Waals surface area contributed by atoms with Gasteiger partial charge < -0.3 is 11.1 Å². The summed E-state index contributed by atoms with van der Waals surface area (Å²) in [5.41, 5.74) is 10.7. The van der Waals surface area contributed by atoms with Gasteiger partial charge in [0.1, 0.15) is 0 Å². The van der Waals surface area contributed by atoms with Gasteiger partial charge in [0.2, 0.25) is 0 Å². The first-order valence-corrected chi connectivity index (χ1v) is 6.87. The molecule has 1 aromatic rings. The van der Waals surface area contributed by atoms with Crippen LogP contribution in [-0.2, 0) is 12.8 Å². The van der Waals surface area contributed by atoms with Crippen LogP contribution in [0.15, 0.2) is 18.2 Å². The van der Waals surface area contributed by atoms with E-state index >= 15 is 0 Å². The predicted octanol–water partition coefficient (Wildman–Crippen LogP) is 2.72. The van der Waals surface area contributed by atoms with E-state index in [1.165, 1.54) is 55.3 Å². The van der Waals surface area contributed by atoms with Gasteiger partial charge in [0.25, 0.3) is 0 Å². The van der Waals surface area contributed by atoms with Gasteiger partial charge in [-0.1, -0.05) is 18.6 Å². The van der Waals surface area contributed by atoms with Gasteiger partial charge in [-0.25, -0.2) is 0 Å². The fourth-order valence-electron chi connectivity index (χ4n) is 3.20. The molecule has 0 spiro atoms. The molecular weight excluding hydrogens is 208 g/mol. The molecule has 0 saturated heterocycles. The molecule has 3 N–H and O–H groups in total. The maximum absolute atomic E-state index is 5.94. The molecule has 92 valence electrons. The number of aryl methyl sites for hydroxylation is 1. The Kier molecular flexibility index (Phi) is 2.83. The van der Waals surface area contributed by atoms with E-state index in [1.54, 1.807) is 0 Å². The van der Waals surface area contributed by atoms with E-state index in [1.807, 2.05) is 0 Å². The van der Waals surface area contributed by atoms with E-state index in [0.29, 0.717) is 5.41 Å². The van der Waals surface area contributed by atoms with Gasteiger partial charge in [-0.2, -0.15) is 0 Å². The van der Waals surface area contributed by atoms with Crippen LogP contribution in [0.1, 0.15) is 36.8 Å². The SMILES string of the molecule is NCC1(Cc2ccc3c(c2)CCCN3)CCC1. The van der Waals surface area contributed by atoms with Crippen molar-refractivity contribution in [3.8, 4) is 0 Å². The van der Waals surface area contributed by atoms with E-state index < -0.39 is 0 Å². The molecule has 1 heterocycles. The van der Waals surface area contributed by atoms with Crippen LogP contribution in [0.2, 0.25) is 0 Å². The lowest BCUT2D eigenvalue weighted by Gasteiger charge is -2.41. The average molecular weight is 230 g/mol. The summed E-state index contributed by atoms with van der Waals surface area (Å²) in [6.45, 7) is 1.97. The summed E-state index contributed by atoms with van der Waals surface area (Å²) < 4.78 is 0. The van der Waals surface area contributed by atoms with Gasteiger partial charge in [0, 0.05) is 12.2 Å². The number of nitrogens with two attached hydrogens (primary N) is 1. The third-order valence-corrected chi connectivity index (χ3v) is 4.53. The van der Waals surface area contributed by atoms with Gasteiger partial charge in [0.15, 0.2) is 0 Å². The van der Waals surface area contributed by atoms with Crippen LogP contribution in [0.5, 0.6) is 0 Å². The molecule has 0 unspecified atom stereocenters. The number of benzene rings is 1. The molecule has 1 aliphatic heterocycles. The minimum atomic E-state index is 0.427. The van der Waals surface area contributed by atoms with Crippen LogP contribution >= 0.6 is 0 Å². The lowest BCUT2D eigenvalue weighted by molar-refractivity contribution is 0.145. The molecule has 2 aliphatic rings. The number of hydrogen-bond donors (Lipinski definition) is 2. The first-order valence-electron chi connectivity index (χ1n) is 6.87. The maximum atomic E-state index is 5.94. The number of nitrogens with one attached hydrogen (secondary N) is 1. The molecule has 1 saturated carbocycles. The van der Waals surface area contributed by atoms with Crippen LogP contribution in [-0.4, -0.2) is 13.1 Å². The summed E-state index contributed by atoms with van der Waals surface area (Å²) in [6.07, 6.45) is 7.67. The van der Waals surface area contributed by atoms with E-state index in [0.717, 1.165) is 13.1 Å². The molecule has 0 radical (unpaired) electrons. The summed E-state index contributed by atoms with van der Waals surface area (Å²) in [5.74, 6) is 0. The van der Waals surface area contributed by atoms with Crippen molar-refractivity contribution in [1.82, 2.24) is 0 Å². The van der Waals surface area contributed by atoms with Gasteiger partial charge in [0.05, 0.1) is 0 Å². The third-order valence-electron chi connectivity index (χ3n) is 4.53. The molecule has 2 nitrogen and oxygen atoms in total. The fourth-order valence-corrected chi connectivity index (χ4v) is 3.20. The molecule has 1 fully saturated rings. The van der Waals surface area contributed by atoms with Gasteiger partial charge in [-0.15, -0.1) is 0 Å². The molecule has 0 atom stereocenters. The highest BCUT2D eigenvalue weighted by Crippen LogP contribution is 2.43. The first kappa shape index (κ1) is 11.1. The number of fused-ring (bicyclic) bond motifs is 1. The Morgan fingerprint density at radius 2 is 2.12 bits per heavy atom. The van der Waals surface area contributed by atoms with Crippen molar-refractivity contribution < 1.29 is 0 Å². The molecule has 0 bridgehead atoms. The fraction of sp³-hybridized carbons (Fsp3) is 0.600. The van der Waals surface area contributed by atoms with Crippen LogP contribution in [0.4, 0.5) is 5.69 Å². The van der Waals surface area contributed by atoms with Crippen molar-refractivity contribution >= 4 is 5.69 Å². The lowest BCUT2D eigenvalue weighted by atomic mass is 9.65. The molecule has 17 heavy (non-hydrogen) atoms. The monoisotopic (exact) mass is 230 g/mol. The third kappa shape index (κ3) is 2.06. The molecule has 2 heteroatoms. The van der Waals surface area contributed by atoms with Crippen molar-refractivity contribution in [2.75, 3.05) is 18.4 Å². The van der Waals surface area contributed by atoms with Crippen LogP contribution in [0.25, 0.3) is 0 Å². The van der Waals surface area contributed by atoms with E-state index in [9.17, 15) is 0 Å². The van der Waals surface area contributed by atoms with Crippen molar-refractivity contribution in [1.29, 1.82) is 0 Å². The second-order valence-electron chi connectivity index (χ2n) is 5.76. The minimum absolute atomic E-state index is 0.427. The van der Waals surface area contributed by atoms with Crippen molar-refractivity contribution in [2.24, 2.45) is 11.1 Å². The largest absolute Gasteiger partial charge is 0.385 e. The Bertz CT molecular complexity index is 402. The Morgan fingerprint density at radius 3 is 2.82 bits per heavy atom. The zero-order chi connectivity index (χ0) is 11.7. The van der Waals surface area contributed by atoms with Gasteiger partial charge in [-0.05, 0) is 61.3 Å². The summed E-state index contributed by atoms with van der Waals surface area (Å²) >= 11 is 0. The summed E-state index contributed by atoms with van der Waals surface area (Å²) in [5, 5.41) is 3.47. The smallest absolute Gasteiger partial charge is 0.0372 e. The molecule has 3 rings (SSSR count). The molecule has 1 aliphatic carbocycles. The topological polar surface area (TPSA) is 38.0 Å². The highest BCUT2D eigenvalue weighted by Gasteiger charge is 2.35. The number of hydrogen-bond acceptors (Lipinski definition) is 2. The highest BCUT2D eigenvalue weighted by atomic mass is 14.9. The highest BCUT2D eigenvalue weighted by molar-refractivity contribution is 5.54. The van der Waals surface area contributed by atoms with Crippen LogP contribution < -0.4 is 11.1 Å². The van der Waals surface area contributed by atoms with Crippen LogP contribution in [0.3, 0.4) is 0 Å². The normalized spacial score (nSPS) is 21.2. The van der Waals surface area contributed by atoms with E-state index in [4.69, 9.17) is 5.73 Å². The van der Waals surface area contributed by atoms with Gasteiger partial charge >= 0.3 is 0 Å². The number of rotatable bonds is 3. The zero-order valence-electron chi connectivity index (χ0n) is 10.5. The Labute approximate surface area is 104 Å². The second-order valence-corrected chi connectivity index (χ2v) is 5.76. The average Bonchev–Trinajstić information content (AvgIpc) is 2.34. The number of anilines is 1. The molecule has 1 aromatic carbocycles. The van der Waals surface area contributed by atoms with Crippen LogP contribution in [0, 0.1) is 5.41 Å². The Morgan fingerprint density at radius 1 is 1.24 bits per heavy atom.